The smallest absolute Gasteiger partial charge is 0.306 e. The Kier molecular flexibility index (Phi) is 29.7. The monoisotopic (exact) mass is 560 g/mol. The predicted octanol–water partition coefficient (Wildman–Crippen LogP) is 9.50. The Bertz CT molecular complexity index is 692. The van der Waals surface area contributed by atoms with E-state index in [0.717, 1.165) is 70.6 Å². The molecule has 230 valence electrons. The lowest BCUT2D eigenvalue weighted by Crippen LogP contribution is -2.28. The van der Waals surface area contributed by atoms with E-state index in [1.165, 1.54) is 44.9 Å². The maximum atomic E-state index is 12.0. The first-order valence-electron chi connectivity index (χ1n) is 16.2. The van der Waals surface area contributed by atoms with Crippen LogP contribution in [0.4, 0.5) is 0 Å². The maximum Gasteiger partial charge on any atom is 0.306 e. The molecule has 0 bridgehead atoms. The highest BCUT2D eigenvalue weighted by atomic mass is 16.6. The van der Waals surface area contributed by atoms with Crippen molar-refractivity contribution in [3.63, 3.8) is 0 Å². The summed E-state index contributed by atoms with van der Waals surface area (Å²) in [6, 6.07) is 0. The highest BCUT2D eigenvalue weighted by Gasteiger charge is 2.16. The number of rotatable bonds is 28. The normalized spacial score (nSPS) is 12.8. The fourth-order valence-corrected chi connectivity index (χ4v) is 4.19. The van der Waals surface area contributed by atoms with Crippen molar-refractivity contribution < 1.29 is 24.2 Å². The SMILES string of the molecule is CC/C=C\C/C=C\C/C=C\C/C=C\CCCCCCCCCCC(=O)OC(CO)COC(=O)CCCCCCC. The second-order valence-corrected chi connectivity index (χ2v) is 10.5. The Labute approximate surface area is 246 Å². The summed E-state index contributed by atoms with van der Waals surface area (Å²) >= 11 is 0. The van der Waals surface area contributed by atoms with Crippen LogP contribution in [-0.4, -0.2) is 36.4 Å². The fourth-order valence-electron chi connectivity index (χ4n) is 4.19. The standard InChI is InChI=1S/C35H60O5/c1-3-5-7-9-10-11-12-13-14-15-16-17-18-19-20-21-22-23-24-26-28-30-35(38)40-33(31-36)32-39-34(37)29-27-25-8-6-4-2/h5,7,10-11,13-14,16-17,33,36H,3-4,6,8-9,12,15,18-32H2,1-2H3/b7-5-,11-10-,14-13-,17-16-. The summed E-state index contributed by atoms with van der Waals surface area (Å²) in [7, 11) is 0. The molecular weight excluding hydrogens is 500 g/mol. The molecule has 5 heteroatoms. The largest absolute Gasteiger partial charge is 0.462 e. The van der Waals surface area contributed by atoms with Crippen LogP contribution in [0.1, 0.15) is 142 Å². The minimum Gasteiger partial charge on any atom is -0.462 e. The molecule has 0 aromatic carbocycles. The van der Waals surface area contributed by atoms with Crippen molar-refractivity contribution >= 4 is 11.9 Å². The Morgan fingerprint density at radius 3 is 1.62 bits per heavy atom. The quantitative estimate of drug-likeness (QED) is 0.0586. The Morgan fingerprint density at radius 2 is 1.07 bits per heavy atom. The summed E-state index contributed by atoms with van der Waals surface area (Å²) in [5, 5.41) is 9.43. The molecule has 40 heavy (non-hydrogen) atoms. The van der Waals surface area contributed by atoms with Crippen LogP contribution in [0.15, 0.2) is 48.6 Å². The van der Waals surface area contributed by atoms with Crippen molar-refractivity contribution in [2.45, 2.75) is 148 Å². The molecule has 0 saturated heterocycles. The summed E-state index contributed by atoms with van der Waals surface area (Å²) in [6.45, 7) is 3.90. The Hall–Kier alpha value is -2.14. The van der Waals surface area contributed by atoms with Gasteiger partial charge >= 0.3 is 11.9 Å². The number of hydrogen-bond acceptors (Lipinski definition) is 5. The number of esters is 2. The van der Waals surface area contributed by atoms with Crippen LogP contribution in [-0.2, 0) is 19.1 Å². The summed E-state index contributed by atoms with van der Waals surface area (Å²) in [5.41, 5.74) is 0. The van der Waals surface area contributed by atoms with Gasteiger partial charge in [0.1, 0.15) is 6.61 Å². The lowest BCUT2D eigenvalue weighted by Gasteiger charge is -2.15. The first-order chi connectivity index (χ1) is 19.6. The first-order valence-corrected chi connectivity index (χ1v) is 16.2. The molecule has 0 saturated carbocycles. The topological polar surface area (TPSA) is 72.8 Å². The van der Waals surface area contributed by atoms with Gasteiger partial charge in [0.25, 0.3) is 0 Å². The van der Waals surface area contributed by atoms with E-state index in [1.807, 2.05) is 0 Å². The summed E-state index contributed by atoms with van der Waals surface area (Å²) in [5.74, 6) is -0.619. The Balaban J connectivity index is 3.56. The zero-order valence-corrected chi connectivity index (χ0v) is 25.8. The highest BCUT2D eigenvalue weighted by Crippen LogP contribution is 2.12. The third kappa shape index (κ3) is 28.9. The van der Waals surface area contributed by atoms with E-state index in [-0.39, 0.29) is 25.2 Å². The second kappa shape index (κ2) is 31.4. The zero-order chi connectivity index (χ0) is 29.4. The van der Waals surface area contributed by atoms with Crippen LogP contribution in [0.3, 0.4) is 0 Å². The van der Waals surface area contributed by atoms with Crippen molar-refractivity contribution in [2.75, 3.05) is 13.2 Å². The molecule has 0 radical (unpaired) electrons. The average Bonchev–Trinajstić information content (AvgIpc) is 2.95. The average molecular weight is 561 g/mol. The van der Waals surface area contributed by atoms with Gasteiger partial charge < -0.3 is 14.6 Å². The number of aliphatic hydroxyl groups excluding tert-OH is 1. The molecule has 0 aliphatic rings. The summed E-state index contributed by atoms with van der Waals surface area (Å²) < 4.78 is 10.4. The van der Waals surface area contributed by atoms with Gasteiger partial charge in [0.2, 0.25) is 0 Å². The molecule has 0 aromatic rings. The molecule has 0 aliphatic carbocycles. The van der Waals surface area contributed by atoms with E-state index in [4.69, 9.17) is 9.47 Å². The molecule has 0 spiro atoms. The number of allylic oxidation sites excluding steroid dienone is 8. The predicted molar refractivity (Wildman–Crippen MR) is 168 cm³/mol. The molecule has 0 fully saturated rings. The van der Waals surface area contributed by atoms with Crippen LogP contribution in [0.25, 0.3) is 0 Å². The number of aliphatic hydroxyl groups is 1. The second-order valence-electron chi connectivity index (χ2n) is 10.5. The molecule has 0 aromatic heterocycles. The minimum absolute atomic E-state index is 0.0711. The molecule has 5 nitrogen and oxygen atoms in total. The van der Waals surface area contributed by atoms with Gasteiger partial charge in [-0.3, -0.25) is 9.59 Å². The van der Waals surface area contributed by atoms with Gasteiger partial charge in [0.15, 0.2) is 6.10 Å². The van der Waals surface area contributed by atoms with Crippen molar-refractivity contribution in [3.05, 3.63) is 48.6 Å². The Morgan fingerprint density at radius 1 is 0.600 bits per heavy atom. The van der Waals surface area contributed by atoms with Crippen molar-refractivity contribution in [2.24, 2.45) is 0 Å². The zero-order valence-electron chi connectivity index (χ0n) is 25.8. The molecule has 0 aliphatic heterocycles. The van der Waals surface area contributed by atoms with Gasteiger partial charge in [-0.25, -0.2) is 0 Å². The van der Waals surface area contributed by atoms with Crippen LogP contribution >= 0.6 is 0 Å². The number of carbonyl (C=O) groups is 2. The molecule has 1 N–H and O–H groups in total. The maximum absolute atomic E-state index is 12.0. The van der Waals surface area contributed by atoms with E-state index < -0.39 is 6.10 Å². The molecule has 0 rings (SSSR count). The fraction of sp³-hybridized carbons (Fsp3) is 0.714. The first kappa shape index (κ1) is 37.9. The van der Waals surface area contributed by atoms with Crippen LogP contribution in [0.2, 0.25) is 0 Å². The number of hydrogen-bond donors (Lipinski definition) is 1. The van der Waals surface area contributed by atoms with E-state index in [1.54, 1.807) is 0 Å². The van der Waals surface area contributed by atoms with Crippen LogP contribution < -0.4 is 0 Å². The number of unbranched alkanes of at least 4 members (excludes halogenated alkanes) is 12. The van der Waals surface area contributed by atoms with Gasteiger partial charge in [0.05, 0.1) is 6.61 Å². The van der Waals surface area contributed by atoms with Gasteiger partial charge in [-0.15, -0.1) is 0 Å². The summed E-state index contributed by atoms with van der Waals surface area (Å²) in [6.07, 6.45) is 37.7. The van der Waals surface area contributed by atoms with Gasteiger partial charge in [-0.1, -0.05) is 127 Å². The number of carbonyl (C=O) groups excluding carboxylic acids is 2. The lowest BCUT2D eigenvalue weighted by atomic mass is 10.1. The van der Waals surface area contributed by atoms with Crippen molar-refractivity contribution in [1.29, 1.82) is 0 Å². The highest BCUT2D eigenvalue weighted by molar-refractivity contribution is 5.70. The van der Waals surface area contributed by atoms with E-state index in [0.29, 0.717) is 12.8 Å². The van der Waals surface area contributed by atoms with E-state index in [9.17, 15) is 14.7 Å². The van der Waals surface area contributed by atoms with Gasteiger partial charge in [0, 0.05) is 12.8 Å². The van der Waals surface area contributed by atoms with E-state index in [2.05, 4.69) is 62.5 Å². The molecular formula is C35H60O5. The molecule has 0 heterocycles. The third-order valence-corrected chi connectivity index (χ3v) is 6.64. The van der Waals surface area contributed by atoms with Gasteiger partial charge in [-0.05, 0) is 51.4 Å². The molecule has 0 amide bonds. The molecule has 1 atom stereocenters. The minimum atomic E-state index is -0.770. The van der Waals surface area contributed by atoms with Crippen molar-refractivity contribution in [1.82, 2.24) is 0 Å². The van der Waals surface area contributed by atoms with Gasteiger partial charge in [-0.2, -0.15) is 0 Å². The van der Waals surface area contributed by atoms with Crippen LogP contribution in [0.5, 0.6) is 0 Å². The summed E-state index contributed by atoms with van der Waals surface area (Å²) in [4.78, 5) is 23.8. The van der Waals surface area contributed by atoms with E-state index >= 15 is 0 Å². The molecule has 1 unspecified atom stereocenters. The van der Waals surface area contributed by atoms with Crippen LogP contribution in [0, 0.1) is 0 Å². The lowest BCUT2D eigenvalue weighted by molar-refractivity contribution is -0.161. The van der Waals surface area contributed by atoms with Crippen molar-refractivity contribution in [3.8, 4) is 0 Å². The number of ether oxygens (including phenoxy) is 2. The third-order valence-electron chi connectivity index (χ3n) is 6.64.